The second kappa shape index (κ2) is 10.9. The second-order valence-corrected chi connectivity index (χ2v) is 11.9. The zero-order chi connectivity index (χ0) is 30.7. The largest absolute Gasteiger partial charge is 0.504 e. The Bertz CT molecular complexity index is 1530. The lowest BCUT2D eigenvalue weighted by atomic mass is 9.71. The summed E-state index contributed by atoms with van der Waals surface area (Å²) in [7, 11) is 3.58. The number of methoxy groups -OCH3 is 1. The molecule has 0 saturated carbocycles. The molecule has 4 aliphatic heterocycles. The Balaban J connectivity index is 1.60. The molecule has 4 aliphatic rings. The topological polar surface area (TPSA) is 143 Å². The van der Waals surface area contributed by atoms with E-state index in [-0.39, 0.29) is 43.1 Å². The molecule has 0 spiro atoms. The summed E-state index contributed by atoms with van der Waals surface area (Å²) in [5.74, 6) is 2.18. The number of nitrogens with zero attached hydrogens (tertiary/aromatic N) is 3. The summed E-state index contributed by atoms with van der Waals surface area (Å²) in [5.41, 5.74) is 11.2. The summed E-state index contributed by atoms with van der Waals surface area (Å²) in [6.45, 7) is 9.89. The normalized spacial score (nSPS) is 25.9. The number of nitrogens with two attached hydrogens (primary N) is 1. The number of piperazine rings is 1. The average Bonchev–Trinajstić information content (AvgIpc) is 3.46. The van der Waals surface area contributed by atoms with Crippen LogP contribution in [0.1, 0.15) is 52.4 Å². The van der Waals surface area contributed by atoms with Crippen LogP contribution in [0.5, 0.6) is 28.7 Å². The minimum atomic E-state index is -0.702. The van der Waals surface area contributed by atoms with Gasteiger partial charge in [-0.25, -0.2) is 0 Å². The summed E-state index contributed by atoms with van der Waals surface area (Å²) in [6, 6.07) is 2.30. The molecule has 0 radical (unpaired) electrons. The van der Waals surface area contributed by atoms with Gasteiger partial charge in [-0.1, -0.05) is 18.7 Å². The quantitative estimate of drug-likeness (QED) is 0.413. The molecule has 11 nitrogen and oxygen atoms in total. The van der Waals surface area contributed by atoms with E-state index in [1.165, 1.54) is 0 Å². The molecule has 6 rings (SSSR count). The fourth-order valence-corrected chi connectivity index (χ4v) is 7.73. The first kappa shape index (κ1) is 29.1. The molecule has 6 atom stereocenters. The van der Waals surface area contributed by atoms with E-state index in [0.717, 1.165) is 33.4 Å². The summed E-state index contributed by atoms with van der Waals surface area (Å²) in [5, 5.41) is 25.4. The van der Waals surface area contributed by atoms with Crippen molar-refractivity contribution >= 4 is 5.91 Å². The molecule has 2 unspecified atom stereocenters. The van der Waals surface area contributed by atoms with E-state index < -0.39 is 18.1 Å². The summed E-state index contributed by atoms with van der Waals surface area (Å²) in [6.07, 6.45) is 2.78. The van der Waals surface area contributed by atoms with Gasteiger partial charge in [0.25, 0.3) is 0 Å². The number of benzene rings is 2. The van der Waals surface area contributed by atoms with E-state index in [1.807, 2.05) is 20.9 Å². The van der Waals surface area contributed by atoms with Gasteiger partial charge in [-0.3, -0.25) is 14.6 Å². The third kappa shape index (κ3) is 4.31. The molecule has 0 aliphatic carbocycles. The number of phenols is 1. The van der Waals surface area contributed by atoms with E-state index >= 15 is 0 Å². The molecule has 0 aromatic heterocycles. The van der Waals surface area contributed by atoms with Crippen LogP contribution < -0.4 is 30.0 Å². The first-order valence-corrected chi connectivity index (χ1v) is 14.6. The number of phenolic OH excluding ortho intramolecular Hbond substituents is 1. The maximum absolute atomic E-state index is 12.8. The number of hydrogen-bond acceptors (Lipinski definition) is 10. The third-order valence-electron chi connectivity index (χ3n) is 9.49. The van der Waals surface area contributed by atoms with Crippen LogP contribution in [0.4, 0.5) is 0 Å². The van der Waals surface area contributed by atoms with Crippen LogP contribution >= 0.6 is 0 Å². The van der Waals surface area contributed by atoms with Crippen molar-refractivity contribution in [2.24, 2.45) is 5.73 Å². The monoisotopic (exact) mass is 589 g/mol. The Morgan fingerprint density at radius 2 is 2.02 bits per heavy atom. The van der Waals surface area contributed by atoms with Gasteiger partial charge in [0, 0.05) is 40.9 Å². The van der Waals surface area contributed by atoms with Gasteiger partial charge in [0.15, 0.2) is 23.0 Å². The Hall–Kier alpha value is -3.98. The number of amides is 1. The van der Waals surface area contributed by atoms with E-state index in [9.17, 15) is 15.2 Å². The molecule has 11 heteroatoms. The lowest BCUT2D eigenvalue weighted by Crippen LogP contribution is -2.68. The Kier molecular flexibility index (Phi) is 7.40. The molecule has 43 heavy (non-hydrogen) atoms. The van der Waals surface area contributed by atoms with Gasteiger partial charge in [0.05, 0.1) is 31.3 Å². The fraction of sp³-hybridized carbons (Fsp3) is 0.500. The van der Waals surface area contributed by atoms with Crippen LogP contribution in [-0.2, 0) is 17.6 Å². The predicted octanol–water partition coefficient (Wildman–Crippen LogP) is 2.55. The molecule has 4 N–H and O–H groups in total. The predicted molar refractivity (Wildman–Crippen MR) is 159 cm³/mol. The molecule has 2 bridgehead atoms. The highest BCUT2D eigenvalue weighted by atomic mass is 16.7. The number of nitriles is 1. The number of fused-ring (bicyclic) bond motifs is 9. The molecule has 1 fully saturated rings. The van der Waals surface area contributed by atoms with Crippen LogP contribution in [0.3, 0.4) is 0 Å². The van der Waals surface area contributed by atoms with Crippen molar-refractivity contribution in [1.82, 2.24) is 15.1 Å². The Morgan fingerprint density at radius 3 is 2.70 bits per heavy atom. The fourth-order valence-electron chi connectivity index (χ4n) is 7.73. The number of carbonyl (C=O) groups excluding carboxylic acids is 1. The molecule has 2 aromatic rings. The lowest BCUT2D eigenvalue weighted by molar-refractivity contribution is -0.123. The number of hydrogen-bond donors (Lipinski definition) is 3. The minimum Gasteiger partial charge on any atom is -0.504 e. The summed E-state index contributed by atoms with van der Waals surface area (Å²) in [4.78, 5) is 17.2. The summed E-state index contributed by atoms with van der Waals surface area (Å²) >= 11 is 0. The van der Waals surface area contributed by atoms with Crippen molar-refractivity contribution in [3.05, 3.63) is 52.1 Å². The van der Waals surface area contributed by atoms with Crippen molar-refractivity contribution in [3.63, 3.8) is 0 Å². The minimum absolute atomic E-state index is 0.0614. The SMILES string of the molecule is C=CCOc1c(C)c2c(c3c1CC1[C@H]4c5c(cc(C)c(OC)c5O)C[C@@H](C(C#N)N1[C@H]3CNC(=O)[C@H](C)N)N4C)OCO2. The van der Waals surface area contributed by atoms with E-state index in [2.05, 4.69) is 33.8 Å². The molecule has 1 amide bonds. The van der Waals surface area contributed by atoms with E-state index in [1.54, 1.807) is 20.1 Å². The number of nitrogens with one attached hydrogen (secondary N) is 1. The zero-order valence-electron chi connectivity index (χ0n) is 25.3. The number of likely N-dealkylation sites (N-methyl/N-ethyl adjacent to an activating group) is 1. The number of rotatable bonds is 7. The molecule has 2 aromatic carbocycles. The van der Waals surface area contributed by atoms with Crippen molar-refractivity contribution in [1.29, 1.82) is 5.26 Å². The van der Waals surface area contributed by atoms with Crippen molar-refractivity contribution < 1.29 is 28.8 Å². The van der Waals surface area contributed by atoms with Crippen LogP contribution in [0, 0.1) is 25.2 Å². The van der Waals surface area contributed by atoms with Gasteiger partial charge >= 0.3 is 0 Å². The standard InChI is InChI=1S/C32H39N5O6/c1-7-8-41-29-16(3)30-31(43-14-42-30)25-19(29)11-21-26-24-18(9-15(2)28(40-6)27(24)38)10-20(36(26)5)22(12-33)37(21)23(25)13-35-32(39)17(4)34/h7,9,17,20-23,26,38H,1,8,10-11,13-14,34H2,2-6H3,(H,35,39)/t17-,20-,21?,22?,23-,26-/m0/s1. The highest BCUT2D eigenvalue weighted by Crippen LogP contribution is 2.58. The van der Waals surface area contributed by atoms with Gasteiger partial charge in [0.1, 0.15) is 18.4 Å². The maximum Gasteiger partial charge on any atom is 0.236 e. The maximum atomic E-state index is 12.8. The van der Waals surface area contributed by atoms with Crippen molar-refractivity contribution in [2.75, 3.05) is 34.1 Å². The summed E-state index contributed by atoms with van der Waals surface area (Å²) < 4.78 is 24.0. The first-order valence-electron chi connectivity index (χ1n) is 14.6. The number of carbonyl (C=O) groups is 1. The van der Waals surface area contributed by atoms with Crippen LogP contribution in [0.25, 0.3) is 0 Å². The van der Waals surface area contributed by atoms with Crippen molar-refractivity contribution in [3.8, 4) is 34.8 Å². The molecular weight excluding hydrogens is 550 g/mol. The van der Waals surface area contributed by atoms with Gasteiger partial charge in [-0.05, 0) is 51.8 Å². The van der Waals surface area contributed by atoms with Crippen LogP contribution in [-0.4, -0.2) is 79.1 Å². The van der Waals surface area contributed by atoms with Gasteiger partial charge in [-0.2, -0.15) is 5.26 Å². The number of aromatic hydroxyl groups is 1. The van der Waals surface area contributed by atoms with Gasteiger partial charge in [-0.15, -0.1) is 0 Å². The Labute approximate surface area is 251 Å². The highest BCUT2D eigenvalue weighted by Gasteiger charge is 2.56. The van der Waals surface area contributed by atoms with Crippen molar-refractivity contribution in [2.45, 2.75) is 69.9 Å². The van der Waals surface area contributed by atoms with Crippen LogP contribution in [0.15, 0.2) is 18.7 Å². The Morgan fingerprint density at radius 1 is 1.28 bits per heavy atom. The smallest absolute Gasteiger partial charge is 0.236 e. The zero-order valence-corrected chi connectivity index (χ0v) is 25.3. The molecule has 228 valence electrons. The third-order valence-corrected chi connectivity index (χ3v) is 9.49. The lowest BCUT2D eigenvalue weighted by Gasteiger charge is -2.60. The van der Waals surface area contributed by atoms with E-state index in [4.69, 9.17) is 24.7 Å². The van der Waals surface area contributed by atoms with Crippen LogP contribution in [0.2, 0.25) is 0 Å². The highest BCUT2D eigenvalue weighted by molar-refractivity contribution is 5.81. The number of aryl methyl sites for hydroxylation is 1. The van der Waals surface area contributed by atoms with Gasteiger partial charge in [0.2, 0.25) is 12.7 Å². The molecule has 4 heterocycles. The second-order valence-electron chi connectivity index (χ2n) is 11.9. The van der Waals surface area contributed by atoms with Gasteiger partial charge < -0.3 is 35.1 Å². The number of ether oxygens (including phenoxy) is 4. The molecular formula is C32H39N5O6. The average molecular weight is 590 g/mol. The van der Waals surface area contributed by atoms with E-state index in [0.29, 0.717) is 42.4 Å². The molecule has 1 saturated heterocycles. The first-order chi connectivity index (χ1) is 20.6.